The van der Waals surface area contributed by atoms with Crippen LogP contribution >= 0.6 is 23.4 Å². The molecular formula is C17H16ClN5OS. The van der Waals surface area contributed by atoms with E-state index >= 15 is 0 Å². The molecule has 0 saturated heterocycles. The van der Waals surface area contributed by atoms with Crippen molar-refractivity contribution in [1.82, 2.24) is 20.2 Å². The molecule has 1 aromatic heterocycles. The van der Waals surface area contributed by atoms with Crippen LogP contribution in [-0.2, 0) is 4.79 Å². The van der Waals surface area contributed by atoms with Crippen molar-refractivity contribution in [2.75, 3.05) is 5.32 Å². The molecule has 0 aliphatic heterocycles. The SMILES string of the molecule is Cc1ccc(-n2nnnc2SC(C)C(=O)Nc2ccc(Cl)cc2)cc1. The number of aromatic nitrogens is 4. The van der Waals surface area contributed by atoms with E-state index in [9.17, 15) is 4.79 Å². The quantitative estimate of drug-likeness (QED) is 0.689. The fourth-order valence-electron chi connectivity index (χ4n) is 2.09. The molecule has 6 nitrogen and oxygen atoms in total. The van der Waals surface area contributed by atoms with Crippen LogP contribution < -0.4 is 5.32 Å². The van der Waals surface area contributed by atoms with Crippen LogP contribution in [0.25, 0.3) is 5.69 Å². The molecule has 1 amide bonds. The second-order valence-electron chi connectivity index (χ2n) is 5.47. The number of hydrogen-bond acceptors (Lipinski definition) is 5. The predicted octanol–water partition coefficient (Wildman–Crippen LogP) is 3.74. The predicted molar refractivity (Wildman–Crippen MR) is 99.3 cm³/mol. The zero-order valence-electron chi connectivity index (χ0n) is 13.7. The summed E-state index contributed by atoms with van der Waals surface area (Å²) >= 11 is 7.14. The molecule has 25 heavy (non-hydrogen) atoms. The zero-order chi connectivity index (χ0) is 17.8. The van der Waals surface area contributed by atoms with Crippen LogP contribution in [0, 0.1) is 6.92 Å². The Morgan fingerprint density at radius 3 is 2.52 bits per heavy atom. The second-order valence-corrected chi connectivity index (χ2v) is 7.21. The van der Waals surface area contributed by atoms with Gasteiger partial charge in [0.05, 0.1) is 10.9 Å². The van der Waals surface area contributed by atoms with Gasteiger partial charge in [-0.1, -0.05) is 41.1 Å². The molecule has 1 N–H and O–H groups in total. The Kier molecular flexibility index (Phi) is 5.35. The van der Waals surface area contributed by atoms with Gasteiger partial charge in [0.1, 0.15) is 0 Å². The lowest BCUT2D eigenvalue weighted by Gasteiger charge is -2.12. The van der Waals surface area contributed by atoms with Crippen molar-refractivity contribution in [3.63, 3.8) is 0 Å². The van der Waals surface area contributed by atoms with Gasteiger partial charge < -0.3 is 5.32 Å². The van der Waals surface area contributed by atoms with Crippen molar-refractivity contribution < 1.29 is 4.79 Å². The molecule has 0 spiro atoms. The number of amides is 1. The summed E-state index contributed by atoms with van der Waals surface area (Å²) in [5.74, 6) is -0.134. The molecule has 0 bridgehead atoms. The summed E-state index contributed by atoms with van der Waals surface area (Å²) in [6.07, 6.45) is 0. The van der Waals surface area contributed by atoms with Crippen molar-refractivity contribution in [3.05, 3.63) is 59.1 Å². The average molecular weight is 374 g/mol. The summed E-state index contributed by atoms with van der Waals surface area (Å²) in [5, 5.41) is 15.4. The molecule has 8 heteroatoms. The summed E-state index contributed by atoms with van der Waals surface area (Å²) in [6.45, 7) is 3.83. The summed E-state index contributed by atoms with van der Waals surface area (Å²) in [6, 6.07) is 14.8. The first-order valence-electron chi connectivity index (χ1n) is 7.61. The van der Waals surface area contributed by atoms with Crippen LogP contribution in [0.5, 0.6) is 0 Å². The lowest BCUT2D eigenvalue weighted by atomic mass is 10.2. The van der Waals surface area contributed by atoms with Gasteiger partial charge in [0.25, 0.3) is 0 Å². The Balaban J connectivity index is 1.70. The Bertz CT molecular complexity index is 864. The van der Waals surface area contributed by atoms with E-state index < -0.39 is 0 Å². The lowest BCUT2D eigenvalue weighted by molar-refractivity contribution is -0.115. The minimum Gasteiger partial charge on any atom is -0.325 e. The molecular weight excluding hydrogens is 358 g/mol. The monoisotopic (exact) mass is 373 g/mol. The smallest absolute Gasteiger partial charge is 0.237 e. The zero-order valence-corrected chi connectivity index (χ0v) is 15.3. The molecule has 1 unspecified atom stereocenters. The number of anilines is 1. The van der Waals surface area contributed by atoms with Crippen LogP contribution in [-0.4, -0.2) is 31.4 Å². The molecule has 0 aliphatic rings. The molecule has 2 aromatic carbocycles. The number of benzene rings is 2. The third kappa shape index (κ3) is 4.37. The number of hydrogen-bond donors (Lipinski definition) is 1. The summed E-state index contributed by atoms with van der Waals surface area (Å²) in [5.41, 5.74) is 2.70. The highest BCUT2D eigenvalue weighted by Crippen LogP contribution is 2.24. The van der Waals surface area contributed by atoms with Crippen LogP contribution in [0.1, 0.15) is 12.5 Å². The fraction of sp³-hybridized carbons (Fsp3) is 0.176. The number of tetrazole rings is 1. The topological polar surface area (TPSA) is 72.7 Å². The van der Waals surface area contributed by atoms with Gasteiger partial charge in [-0.2, -0.15) is 4.68 Å². The number of aryl methyl sites for hydroxylation is 1. The molecule has 128 valence electrons. The van der Waals surface area contributed by atoms with E-state index in [2.05, 4.69) is 20.8 Å². The Hall–Kier alpha value is -2.38. The summed E-state index contributed by atoms with van der Waals surface area (Å²) in [4.78, 5) is 12.4. The number of halogens is 1. The molecule has 3 rings (SSSR count). The summed E-state index contributed by atoms with van der Waals surface area (Å²) < 4.78 is 1.62. The molecule has 0 fully saturated rings. The van der Waals surface area contributed by atoms with E-state index in [1.807, 2.05) is 38.1 Å². The number of carbonyl (C=O) groups excluding carboxylic acids is 1. The van der Waals surface area contributed by atoms with Gasteiger partial charge in [-0.15, -0.1) is 5.10 Å². The normalized spacial score (nSPS) is 12.0. The van der Waals surface area contributed by atoms with Crippen LogP contribution in [0.15, 0.2) is 53.7 Å². The van der Waals surface area contributed by atoms with Gasteiger partial charge in [0.2, 0.25) is 11.1 Å². The minimum atomic E-state index is -0.370. The fourth-order valence-corrected chi connectivity index (χ4v) is 3.02. The van der Waals surface area contributed by atoms with Crippen molar-refractivity contribution in [2.45, 2.75) is 24.3 Å². The Morgan fingerprint density at radius 2 is 1.84 bits per heavy atom. The third-order valence-electron chi connectivity index (χ3n) is 3.48. The van der Waals surface area contributed by atoms with Gasteiger partial charge >= 0.3 is 0 Å². The number of carbonyl (C=O) groups is 1. The maximum Gasteiger partial charge on any atom is 0.237 e. The second kappa shape index (κ2) is 7.67. The number of thioether (sulfide) groups is 1. The van der Waals surface area contributed by atoms with E-state index in [1.54, 1.807) is 28.9 Å². The van der Waals surface area contributed by atoms with Crippen LogP contribution in [0.2, 0.25) is 5.02 Å². The van der Waals surface area contributed by atoms with E-state index in [1.165, 1.54) is 11.8 Å². The van der Waals surface area contributed by atoms with Crippen molar-refractivity contribution in [1.29, 1.82) is 0 Å². The maximum absolute atomic E-state index is 12.4. The molecule has 3 aromatic rings. The lowest BCUT2D eigenvalue weighted by Crippen LogP contribution is -2.22. The Labute approximate surface area is 154 Å². The molecule has 0 radical (unpaired) electrons. The van der Waals surface area contributed by atoms with Gasteiger partial charge in [0, 0.05) is 10.7 Å². The third-order valence-corrected chi connectivity index (χ3v) is 4.77. The van der Waals surface area contributed by atoms with Gasteiger partial charge in [0.15, 0.2) is 0 Å². The van der Waals surface area contributed by atoms with E-state index in [0.717, 1.165) is 11.3 Å². The number of rotatable bonds is 5. The average Bonchev–Trinajstić information content (AvgIpc) is 3.05. The van der Waals surface area contributed by atoms with E-state index in [-0.39, 0.29) is 11.2 Å². The maximum atomic E-state index is 12.4. The number of nitrogens with zero attached hydrogens (tertiary/aromatic N) is 4. The van der Waals surface area contributed by atoms with Crippen molar-refractivity contribution in [3.8, 4) is 5.69 Å². The number of nitrogens with one attached hydrogen (secondary N) is 1. The molecule has 0 saturated carbocycles. The molecule has 1 atom stereocenters. The van der Waals surface area contributed by atoms with Crippen LogP contribution in [0.3, 0.4) is 0 Å². The highest BCUT2D eigenvalue weighted by atomic mass is 35.5. The van der Waals surface area contributed by atoms with Gasteiger partial charge in [-0.05, 0) is 60.7 Å². The van der Waals surface area contributed by atoms with Crippen molar-refractivity contribution in [2.24, 2.45) is 0 Å². The molecule has 1 heterocycles. The Morgan fingerprint density at radius 1 is 1.16 bits per heavy atom. The van der Waals surface area contributed by atoms with Gasteiger partial charge in [-0.25, -0.2) is 0 Å². The first kappa shape index (κ1) is 17.4. The van der Waals surface area contributed by atoms with E-state index in [0.29, 0.717) is 15.9 Å². The van der Waals surface area contributed by atoms with Crippen LogP contribution in [0.4, 0.5) is 5.69 Å². The largest absolute Gasteiger partial charge is 0.325 e. The summed E-state index contributed by atoms with van der Waals surface area (Å²) in [7, 11) is 0. The molecule has 0 aliphatic carbocycles. The van der Waals surface area contributed by atoms with Gasteiger partial charge in [-0.3, -0.25) is 4.79 Å². The first-order chi connectivity index (χ1) is 12.0. The highest BCUT2D eigenvalue weighted by Gasteiger charge is 2.19. The van der Waals surface area contributed by atoms with E-state index in [4.69, 9.17) is 11.6 Å². The first-order valence-corrected chi connectivity index (χ1v) is 8.87. The van der Waals surface area contributed by atoms with Crippen molar-refractivity contribution >= 4 is 35.0 Å². The standard InChI is InChI=1S/C17H16ClN5OS/c1-11-3-9-15(10-4-11)23-17(20-21-22-23)25-12(2)16(24)19-14-7-5-13(18)6-8-14/h3-10,12H,1-2H3,(H,19,24). The highest BCUT2D eigenvalue weighted by molar-refractivity contribution is 8.00. The minimum absolute atomic E-state index is 0.134.